The Kier molecular flexibility index (Phi) is 4.99. The van der Waals surface area contributed by atoms with Gasteiger partial charge in [-0.05, 0) is 76.0 Å². The van der Waals surface area contributed by atoms with E-state index in [1.165, 1.54) is 6.07 Å². The van der Waals surface area contributed by atoms with Crippen molar-refractivity contribution in [1.29, 1.82) is 0 Å². The molecule has 1 saturated heterocycles. The molecule has 4 rings (SSSR count). The number of carbonyl (C=O) groups is 1. The monoisotopic (exact) mass is 417 g/mol. The lowest BCUT2D eigenvalue weighted by atomic mass is 9.69. The van der Waals surface area contributed by atoms with Gasteiger partial charge in [0.15, 0.2) is 0 Å². The lowest BCUT2D eigenvalue weighted by Crippen LogP contribution is -2.54. The maximum atomic E-state index is 13.9. The Bertz CT molecular complexity index is 942. The number of rotatable bonds is 3. The molecule has 1 N–H and O–H groups in total. The van der Waals surface area contributed by atoms with E-state index in [0.29, 0.717) is 17.9 Å². The second-order valence-electron chi connectivity index (χ2n) is 8.34. The van der Waals surface area contributed by atoms with Crippen molar-refractivity contribution in [3.8, 4) is 0 Å². The Morgan fingerprint density at radius 2 is 1.97 bits per heavy atom. The summed E-state index contributed by atoms with van der Waals surface area (Å²) in [5.74, 6) is -0.220. The fourth-order valence-electron chi connectivity index (χ4n) is 4.80. The topological polar surface area (TPSA) is 61.4 Å². The van der Waals surface area contributed by atoms with Gasteiger partial charge in [0.05, 0.1) is 29.7 Å². The molecule has 2 amide bonds. The van der Waals surface area contributed by atoms with Gasteiger partial charge < -0.3 is 5.32 Å². The maximum Gasteiger partial charge on any atom is 0.322 e. The Balaban J connectivity index is 1.57. The van der Waals surface area contributed by atoms with Crippen molar-refractivity contribution in [2.45, 2.75) is 43.7 Å². The number of anilines is 1. The van der Waals surface area contributed by atoms with Crippen LogP contribution >= 0.6 is 11.6 Å². The summed E-state index contributed by atoms with van der Waals surface area (Å²) < 4.78 is 13.9. The van der Waals surface area contributed by atoms with Crippen molar-refractivity contribution in [2.75, 3.05) is 25.5 Å². The van der Waals surface area contributed by atoms with Crippen LogP contribution in [0.4, 0.5) is 14.9 Å². The van der Waals surface area contributed by atoms with E-state index in [2.05, 4.69) is 20.2 Å². The Morgan fingerprint density at radius 3 is 2.59 bits per heavy atom. The number of aromatic nitrogens is 2. The van der Waals surface area contributed by atoms with Crippen LogP contribution in [0.2, 0.25) is 5.28 Å². The van der Waals surface area contributed by atoms with Crippen molar-refractivity contribution in [2.24, 2.45) is 0 Å². The van der Waals surface area contributed by atoms with Crippen LogP contribution in [0.25, 0.3) is 0 Å². The average Bonchev–Trinajstić information content (AvgIpc) is 2.98. The van der Waals surface area contributed by atoms with E-state index in [-0.39, 0.29) is 28.2 Å². The van der Waals surface area contributed by atoms with Crippen molar-refractivity contribution in [3.63, 3.8) is 0 Å². The van der Waals surface area contributed by atoms with Crippen LogP contribution in [-0.2, 0) is 5.54 Å². The molecule has 1 aromatic carbocycles. The normalized spacial score (nSPS) is 27.0. The van der Waals surface area contributed by atoms with E-state index in [4.69, 9.17) is 11.6 Å². The molecule has 2 aromatic rings. The molecule has 1 aromatic heterocycles. The summed E-state index contributed by atoms with van der Waals surface area (Å²) in [6, 6.07) is 6.73. The first kappa shape index (κ1) is 20.0. The fraction of sp³-hybridized carbons (Fsp3) is 0.476. The van der Waals surface area contributed by atoms with Gasteiger partial charge in [0.2, 0.25) is 5.28 Å². The van der Waals surface area contributed by atoms with Gasteiger partial charge in [-0.15, -0.1) is 0 Å². The summed E-state index contributed by atoms with van der Waals surface area (Å²) in [6.07, 6.45) is 4.86. The third-order valence-electron chi connectivity index (χ3n) is 6.55. The first-order chi connectivity index (χ1) is 13.7. The fourth-order valence-corrected chi connectivity index (χ4v) is 4.97. The number of nitrogens with zero attached hydrogens (tertiary/aromatic N) is 4. The van der Waals surface area contributed by atoms with Gasteiger partial charge in [-0.25, -0.2) is 19.2 Å². The molecular weight excluding hydrogens is 393 g/mol. The zero-order chi connectivity index (χ0) is 20.8. The molecule has 1 saturated carbocycles. The van der Waals surface area contributed by atoms with E-state index in [1.807, 2.05) is 27.1 Å². The second-order valence-corrected chi connectivity index (χ2v) is 8.68. The standard InChI is InChI=1S/C21H25ClFN5O/c1-14-17(12-24-18(22)25-14)28-13-20(26-19(28)29)7-9-21(10-8-20,27(2)3)15-5-4-6-16(23)11-15/h4-6,11-12H,7-10,13H2,1-3H3,(H,26,29)/t20-,21+. The smallest absolute Gasteiger partial charge is 0.322 e. The van der Waals surface area contributed by atoms with Crippen molar-refractivity contribution < 1.29 is 9.18 Å². The van der Waals surface area contributed by atoms with Gasteiger partial charge in [-0.1, -0.05) is 12.1 Å². The molecular formula is C21H25ClFN5O. The van der Waals surface area contributed by atoms with Gasteiger partial charge in [-0.2, -0.15) is 0 Å². The Hall–Kier alpha value is -2.25. The summed E-state index contributed by atoms with van der Waals surface area (Å²) in [5, 5.41) is 3.38. The lowest BCUT2D eigenvalue weighted by molar-refractivity contribution is 0.0655. The van der Waals surface area contributed by atoms with E-state index >= 15 is 0 Å². The van der Waals surface area contributed by atoms with Crippen LogP contribution in [0.15, 0.2) is 30.5 Å². The molecule has 1 spiro atoms. The average molecular weight is 418 g/mol. The Morgan fingerprint density at radius 1 is 1.24 bits per heavy atom. The minimum Gasteiger partial charge on any atom is -0.330 e. The molecule has 29 heavy (non-hydrogen) atoms. The SMILES string of the molecule is Cc1nc(Cl)ncc1N1C[C@]2(CC[C@](c3cccc(F)c3)(N(C)C)CC2)NC1=O. The number of carbonyl (C=O) groups excluding carboxylic acids is 1. The number of aryl methyl sites for hydroxylation is 1. The number of hydrogen-bond donors (Lipinski definition) is 1. The van der Waals surface area contributed by atoms with Crippen LogP contribution in [0.5, 0.6) is 0 Å². The highest BCUT2D eigenvalue weighted by Crippen LogP contribution is 2.46. The number of nitrogens with one attached hydrogen (secondary N) is 1. The lowest BCUT2D eigenvalue weighted by Gasteiger charge is -2.48. The first-order valence-electron chi connectivity index (χ1n) is 9.77. The van der Waals surface area contributed by atoms with Crippen LogP contribution in [-0.4, -0.2) is 47.1 Å². The number of hydrogen-bond acceptors (Lipinski definition) is 4. The summed E-state index contributed by atoms with van der Waals surface area (Å²) >= 11 is 5.86. The molecule has 0 unspecified atom stereocenters. The van der Waals surface area contributed by atoms with Crippen LogP contribution in [0.3, 0.4) is 0 Å². The predicted molar refractivity (Wildman–Crippen MR) is 111 cm³/mol. The van der Waals surface area contributed by atoms with E-state index < -0.39 is 0 Å². The molecule has 2 heterocycles. The summed E-state index contributed by atoms with van der Waals surface area (Å²) in [5.41, 5.74) is 1.79. The summed E-state index contributed by atoms with van der Waals surface area (Å²) in [6.45, 7) is 2.38. The second kappa shape index (κ2) is 7.22. The number of urea groups is 1. The quantitative estimate of drug-likeness (QED) is 0.770. The minimum absolute atomic E-state index is 0.137. The number of benzene rings is 1. The zero-order valence-corrected chi connectivity index (χ0v) is 17.6. The van der Waals surface area contributed by atoms with Crippen molar-refractivity contribution in [3.05, 3.63) is 52.8 Å². The Labute approximate surface area is 175 Å². The first-order valence-corrected chi connectivity index (χ1v) is 10.1. The predicted octanol–water partition coefficient (Wildman–Crippen LogP) is 3.88. The molecule has 154 valence electrons. The minimum atomic E-state index is -0.310. The van der Waals surface area contributed by atoms with Gasteiger partial charge in [0, 0.05) is 5.54 Å². The molecule has 1 aliphatic heterocycles. The summed E-state index contributed by atoms with van der Waals surface area (Å²) in [4.78, 5) is 24.9. The number of amides is 2. The highest BCUT2D eigenvalue weighted by atomic mass is 35.5. The summed E-state index contributed by atoms with van der Waals surface area (Å²) in [7, 11) is 4.08. The highest BCUT2D eigenvalue weighted by molar-refractivity contribution is 6.28. The third kappa shape index (κ3) is 3.46. The van der Waals surface area contributed by atoms with Crippen LogP contribution in [0, 0.1) is 12.7 Å². The van der Waals surface area contributed by atoms with Gasteiger partial charge in [0.25, 0.3) is 0 Å². The molecule has 6 nitrogen and oxygen atoms in total. The molecule has 8 heteroatoms. The van der Waals surface area contributed by atoms with Crippen LogP contribution < -0.4 is 10.2 Å². The molecule has 1 aliphatic carbocycles. The van der Waals surface area contributed by atoms with Crippen LogP contribution in [0.1, 0.15) is 36.9 Å². The largest absolute Gasteiger partial charge is 0.330 e. The van der Waals surface area contributed by atoms with E-state index in [1.54, 1.807) is 23.2 Å². The molecule has 2 fully saturated rings. The zero-order valence-electron chi connectivity index (χ0n) is 16.9. The van der Waals surface area contributed by atoms with E-state index in [9.17, 15) is 9.18 Å². The van der Waals surface area contributed by atoms with Gasteiger partial charge in [-0.3, -0.25) is 9.80 Å². The molecule has 0 bridgehead atoms. The molecule has 2 aliphatic rings. The third-order valence-corrected chi connectivity index (χ3v) is 6.73. The number of halogens is 2. The van der Waals surface area contributed by atoms with E-state index in [0.717, 1.165) is 31.2 Å². The molecule has 0 radical (unpaired) electrons. The maximum absolute atomic E-state index is 13.9. The molecule has 0 atom stereocenters. The van der Waals surface area contributed by atoms with Crippen molar-refractivity contribution in [1.82, 2.24) is 20.2 Å². The van der Waals surface area contributed by atoms with Crippen molar-refractivity contribution >= 4 is 23.3 Å². The van der Waals surface area contributed by atoms with Gasteiger partial charge in [0.1, 0.15) is 5.82 Å². The highest BCUT2D eigenvalue weighted by Gasteiger charge is 2.50. The van der Waals surface area contributed by atoms with Gasteiger partial charge >= 0.3 is 6.03 Å².